The van der Waals surface area contributed by atoms with E-state index in [0.717, 1.165) is 6.42 Å². The second-order valence-electron chi connectivity index (χ2n) is 4.60. The van der Waals surface area contributed by atoms with Crippen molar-refractivity contribution in [1.29, 1.82) is 0 Å². The van der Waals surface area contributed by atoms with Gasteiger partial charge in [0.2, 0.25) is 0 Å². The van der Waals surface area contributed by atoms with Crippen LogP contribution in [0.1, 0.15) is 25.8 Å². The molecule has 3 nitrogen and oxygen atoms in total. The Labute approximate surface area is 101 Å². The van der Waals surface area contributed by atoms with Crippen molar-refractivity contribution in [2.24, 2.45) is 0 Å². The Balaban J connectivity index is 1.91. The van der Waals surface area contributed by atoms with E-state index < -0.39 is 5.54 Å². The van der Waals surface area contributed by atoms with Crippen LogP contribution in [0.4, 0.5) is 0 Å². The fraction of sp³-hybridized carbons (Fsp3) is 0.286. The Morgan fingerprint density at radius 1 is 1.29 bits per heavy atom. The normalized spacial score (nSPS) is 20.4. The third-order valence-electron chi connectivity index (χ3n) is 2.91. The van der Waals surface area contributed by atoms with Crippen LogP contribution in [0.3, 0.4) is 0 Å². The number of benzene rings is 1. The number of allylic oxidation sites excluding steroid dienone is 1. The Bertz CT molecular complexity index is 472. The van der Waals surface area contributed by atoms with Gasteiger partial charge in [-0.25, -0.2) is 0 Å². The smallest absolute Gasteiger partial charge is 0.261 e. The highest BCUT2D eigenvalue weighted by Gasteiger charge is 2.51. The first kappa shape index (κ1) is 11.6. The van der Waals surface area contributed by atoms with Crippen molar-refractivity contribution in [3.05, 3.63) is 42.0 Å². The average Bonchev–Trinajstić information content (AvgIpc) is 2.34. The molecule has 1 saturated heterocycles. The van der Waals surface area contributed by atoms with Gasteiger partial charge in [-0.2, -0.15) is 0 Å². The van der Waals surface area contributed by atoms with Gasteiger partial charge in [0.25, 0.3) is 5.54 Å². The topological polar surface area (TPSA) is 32.1 Å². The number of carbonyl (C=O) groups excluding carboxylic acids is 1. The lowest BCUT2D eigenvalue weighted by Crippen LogP contribution is -2.68. The van der Waals surface area contributed by atoms with Gasteiger partial charge >= 0.3 is 5.91 Å². The molecule has 0 aromatic heterocycles. The Hall–Kier alpha value is -1.90. The first-order valence-corrected chi connectivity index (χ1v) is 5.76. The molecule has 1 aromatic carbocycles. The minimum atomic E-state index is -0.402. The molecule has 1 heterocycles. The lowest BCUT2D eigenvalue weighted by molar-refractivity contribution is -0.667. The van der Waals surface area contributed by atoms with E-state index in [1.807, 2.05) is 42.9 Å². The van der Waals surface area contributed by atoms with Gasteiger partial charge in [0.15, 0.2) is 6.21 Å². The van der Waals surface area contributed by atoms with Gasteiger partial charge < -0.3 is 0 Å². The van der Waals surface area contributed by atoms with Crippen molar-refractivity contribution in [2.75, 3.05) is 0 Å². The van der Waals surface area contributed by atoms with Gasteiger partial charge in [-0.1, -0.05) is 42.5 Å². The number of rotatable bonds is 3. The van der Waals surface area contributed by atoms with E-state index in [1.54, 1.807) is 0 Å². The highest BCUT2D eigenvalue weighted by Crippen LogP contribution is 2.15. The molecule has 1 fully saturated rings. The van der Waals surface area contributed by atoms with Crippen molar-refractivity contribution in [1.82, 2.24) is 5.43 Å². The van der Waals surface area contributed by atoms with Gasteiger partial charge in [-0.15, -0.1) is 10.1 Å². The summed E-state index contributed by atoms with van der Waals surface area (Å²) in [4.78, 5) is 11.2. The number of nitrogens with one attached hydrogen (secondary N) is 1. The zero-order chi connectivity index (χ0) is 12.3. The summed E-state index contributed by atoms with van der Waals surface area (Å²) in [6.45, 7) is 3.81. The minimum absolute atomic E-state index is 0.0702. The second kappa shape index (κ2) is 4.53. The molecule has 3 heteroatoms. The minimum Gasteiger partial charge on any atom is -0.261 e. The number of amides is 1. The van der Waals surface area contributed by atoms with Crippen LogP contribution in [-0.2, 0) is 4.79 Å². The lowest BCUT2D eigenvalue weighted by Gasteiger charge is -2.28. The summed E-state index contributed by atoms with van der Waals surface area (Å²) in [6.07, 6.45) is 6.94. The second-order valence-corrected chi connectivity index (χ2v) is 4.60. The molecule has 2 rings (SSSR count). The molecule has 0 atom stereocenters. The summed E-state index contributed by atoms with van der Waals surface area (Å²) in [5.41, 5.74) is 3.52. The van der Waals surface area contributed by atoms with Crippen LogP contribution < -0.4 is 5.43 Å². The Morgan fingerprint density at radius 2 is 2.00 bits per heavy atom. The predicted octanol–water partition coefficient (Wildman–Crippen LogP) is 2.00. The molecule has 0 unspecified atom stereocenters. The molecular weight excluding hydrogens is 212 g/mol. The number of hydrazine groups is 1. The van der Waals surface area contributed by atoms with Gasteiger partial charge in [0.05, 0.1) is 0 Å². The summed E-state index contributed by atoms with van der Waals surface area (Å²) in [5.74, 6) is 0.0702. The van der Waals surface area contributed by atoms with Crippen LogP contribution in [0.5, 0.6) is 0 Å². The maximum Gasteiger partial charge on any atom is 0.347 e. The van der Waals surface area contributed by atoms with Crippen molar-refractivity contribution >= 4 is 18.2 Å². The summed E-state index contributed by atoms with van der Waals surface area (Å²) >= 11 is 0. The molecule has 0 saturated carbocycles. The van der Waals surface area contributed by atoms with Crippen LogP contribution >= 0.6 is 0 Å². The molecule has 0 aliphatic carbocycles. The fourth-order valence-electron chi connectivity index (χ4n) is 1.65. The van der Waals surface area contributed by atoms with E-state index in [0.29, 0.717) is 0 Å². The van der Waals surface area contributed by atoms with E-state index >= 15 is 0 Å². The summed E-state index contributed by atoms with van der Waals surface area (Å²) in [5, 5.41) is 0. The van der Waals surface area contributed by atoms with E-state index in [1.165, 1.54) is 5.56 Å². The summed E-state index contributed by atoms with van der Waals surface area (Å²) < 4.78 is 1.85. The van der Waals surface area contributed by atoms with E-state index in [4.69, 9.17) is 0 Å². The fourth-order valence-corrected chi connectivity index (χ4v) is 1.65. The zero-order valence-corrected chi connectivity index (χ0v) is 10.2. The highest BCUT2D eigenvalue weighted by molar-refractivity contribution is 5.87. The van der Waals surface area contributed by atoms with E-state index in [-0.39, 0.29) is 5.91 Å². The first-order chi connectivity index (χ1) is 8.10. The lowest BCUT2D eigenvalue weighted by atomic mass is 10.0. The molecule has 17 heavy (non-hydrogen) atoms. The van der Waals surface area contributed by atoms with Gasteiger partial charge in [-0.05, 0) is 5.56 Å². The number of hydrogen-bond donors (Lipinski definition) is 1. The molecule has 0 bridgehead atoms. The van der Waals surface area contributed by atoms with Gasteiger partial charge in [-0.3, -0.25) is 4.79 Å². The molecule has 1 aromatic rings. The Morgan fingerprint density at radius 3 is 2.59 bits per heavy atom. The number of carbonyl (C=O) groups is 1. The standard InChI is InChI=1S/C14H16N2O/c1-14(2)13(17)15-16(14)11-7-6-10-12-8-4-3-5-9-12/h3-6,8-11H,7H2,1-2H3/p+1/b10-6-,16-11-. The van der Waals surface area contributed by atoms with Crippen molar-refractivity contribution in [2.45, 2.75) is 25.8 Å². The zero-order valence-electron chi connectivity index (χ0n) is 10.2. The molecule has 1 aliphatic heterocycles. The number of hydrogen-bond acceptors (Lipinski definition) is 1. The van der Waals surface area contributed by atoms with Crippen LogP contribution in [0.2, 0.25) is 0 Å². The number of hydrazone groups is 1. The third-order valence-corrected chi connectivity index (χ3v) is 2.91. The first-order valence-electron chi connectivity index (χ1n) is 5.76. The highest BCUT2D eigenvalue weighted by atomic mass is 16.2. The summed E-state index contributed by atoms with van der Waals surface area (Å²) in [7, 11) is 0. The molecule has 0 spiro atoms. The number of nitrogens with zero attached hydrogens (tertiary/aromatic N) is 1. The maximum atomic E-state index is 11.2. The van der Waals surface area contributed by atoms with Crippen LogP contribution in [0.25, 0.3) is 6.08 Å². The molecule has 1 N–H and O–H groups in total. The van der Waals surface area contributed by atoms with Crippen molar-refractivity contribution in [3.63, 3.8) is 0 Å². The SMILES string of the molecule is CC1(C)C(=O)N/[N+]1=C\C/C=C\c1ccccc1. The van der Waals surface area contributed by atoms with Crippen LogP contribution in [0.15, 0.2) is 36.4 Å². The van der Waals surface area contributed by atoms with E-state index in [2.05, 4.69) is 29.7 Å². The van der Waals surface area contributed by atoms with Crippen molar-refractivity contribution < 1.29 is 9.48 Å². The molecular formula is C14H17N2O+. The molecule has 1 amide bonds. The van der Waals surface area contributed by atoms with Crippen molar-refractivity contribution in [3.8, 4) is 0 Å². The maximum absolute atomic E-state index is 11.2. The quantitative estimate of drug-likeness (QED) is 0.790. The van der Waals surface area contributed by atoms with Crippen LogP contribution in [-0.4, -0.2) is 22.3 Å². The predicted molar refractivity (Wildman–Crippen MR) is 68.6 cm³/mol. The monoisotopic (exact) mass is 229 g/mol. The molecule has 88 valence electrons. The molecule has 1 aliphatic rings. The van der Waals surface area contributed by atoms with E-state index in [9.17, 15) is 4.79 Å². The average molecular weight is 229 g/mol. The Kier molecular flexibility index (Phi) is 3.09. The third kappa shape index (κ3) is 2.44. The van der Waals surface area contributed by atoms with Gasteiger partial charge in [0.1, 0.15) is 0 Å². The van der Waals surface area contributed by atoms with Gasteiger partial charge in [0, 0.05) is 20.3 Å². The molecule has 0 radical (unpaired) electrons. The summed E-state index contributed by atoms with van der Waals surface area (Å²) in [6, 6.07) is 10.2. The van der Waals surface area contributed by atoms with Crippen LogP contribution in [0, 0.1) is 0 Å². The largest absolute Gasteiger partial charge is 0.347 e.